The lowest BCUT2D eigenvalue weighted by atomic mass is 10.0. The molecule has 1 amide bonds. The Morgan fingerprint density at radius 1 is 1.19 bits per heavy atom. The molecule has 0 spiro atoms. The summed E-state index contributed by atoms with van der Waals surface area (Å²) in [5, 5.41) is 13.8. The maximum Gasteiger partial charge on any atom is 0.266 e. The van der Waals surface area contributed by atoms with E-state index < -0.39 is 6.10 Å². The number of amides is 1. The summed E-state index contributed by atoms with van der Waals surface area (Å²) >= 11 is 0. The van der Waals surface area contributed by atoms with E-state index >= 15 is 0 Å². The predicted octanol–water partition coefficient (Wildman–Crippen LogP) is 2.29. The molecule has 21 heavy (non-hydrogen) atoms. The van der Waals surface area contributed by atoms with Gasteiger partial charge >= 0.3 is 0 Å². The van der Waals surface area contributed by atoms with Gasteiger partial charge in [0.05, 0.1) is 5.71 Å². The van der Waals surface area contributed by atoms with E-state index in [0.717, 1.165) is 25.9 Å². The summed E-state index contributed by atoms with van der Waals surface area (Å²) in [5.74, 6) is 0.189. The summed E-state index contributed by atoms with van der Waals surface area (Å²) < 4.78 is 0. The first-order valence-electron chi connectivity index (χ1n) is 7.55. The minimum Gasteiger partial charge on any atom is -0.507 e. The molecule has 0 bridgehead atoms. The molecule has 2 aliphatic heterocycles. The predicted molar refractivity (Wildman–Crippen MR) is 79.2 cm³/mol. The van der Waals surface area contributed by atoms with Crippen LogP contribution in [0.15, 0.2) is 29.4 Å². The number of carbonyl (C=O) groups is 1. The number of likely N-dealkylation sites (tertiary alicyclic amines) is 1. The standard InChI is InChI=1S/C16H20N2O3/c19-14-8-4-3-7-12(14)13-11-15(21-17-13)16(20)18-9-5-1-2-6-10-18/h3-4,7-8,15,19H,1-2,5-6,9-11H2/t15-/m1/s1. The van der Waals surface area contributed by atoms with Gasteiger partial charge in [0.25, 0.3) is 5.91 Å². The maximum atomic E-state index is 12.5. The number of aromatic hydroxyl groups is 1. The van der Waals surface area contributed by atoms with E-state index in [0.29, 0.717) is 17.7 Å². The largest absolute Gasteiger partial charge is 0.507 e. The van der Waals surface area contributed by atoms with Crippen LogP contribution in [0.4, 0.5) is 0 Å². The van der Waals surface area contributed by atoms with Crippen molar-refractivity contribution in [2.75, 3.05) is 13.1 Å². The summed E-state index contributed by atoms with van der Waals surface area (Å²) in [4.78, 5) is 19.7. The highest BCUT2D eigenvalue weighted by atomic mass is 16.6. The van der Waals surface area contributed by atoms with Crippen molar-refractivity contribution in [2.24, 2.45) is 5.16 Å². The first-order chi connectivity index (χ1) is 10.3. The van der Waals surface area contributed by atoms with Gasteiger partial charge in [-0.1, -0.05) is 30.1 Å². The topological polar surface area (TPSA) is 62.1 Å². The third-order valence-corrected chi connectivity index (χ3v) is 4.08. The third-order valence-electron chi connectivity index (χ3n) is 4.08. The summed E-state index contributed by atoms with van der Waals surface area (Å²) in [6, 6.07) is 6.99. The fourth-order valence-corrected chi connectivity index (χ4v) is 2.88. The monoisotopic (exact) mass is 288 g/mol. The summed E-state index contributed by atoms with van der Waals surface area (Å²) in [5.41, 5.74) is 1.28. The second-order valence-corrected chi connectivity index (χ2v) is 5.59. The SMILES string of the molecule is O=C([C@H]1CC(c2ccccc2O)=NO1)N1CCCCCC1. The van der Waals surface area contributed by atoms with Crippen LogP contribution < -0.4 is 0 Å². The lowest BCUT2D eigenvalue weighted by Gasteiger charge is -2.22. The van der Waals surface area contributed by atoms with Crippen molar-refractivity contribution >= 4 is 11.6 Å². The smallest absolute Gasteiger partial charge is 0.266 e. The van der Waals surface area contributed by atoms with E-state index in [4.69, 9.17) is 4.84 Å². The van der Waals surface area contributed by atoms with Crippen molar-refractivity contribution in [3.8, 4) is 5.75 Å². The van der Waals surface area contributed by atoms with E-state index in [1.807, 2.05) is 11.0 Å². The van der Waals surface area contributed by atoms with Crippen molar-refractivity contribution in [1.82, 2.24) is 4.90 Å². The van der Waals surface area contributed by atoms with Gasteiger partial charge in [0, 0.05) is 25.1 Å². The lowest BCUT2D eigenvalue weighted by molar-refractivity contribution is -0.142. The Labute approximate surface area is 124 Å². The average Bonchev–Trinajstić information content (AvgIpc) is 2.82. The average molecular weight is 288 g/mol. The number of phenolic OH excluding ortho intramolecular Hbond substituents is 1. The van der Waals surface area contributed by atoms with Gasteiger partial charge in [-0.25, -0.2) is 0 Å². The van der Waals surface area contributed by atoms with Gasteiger partial charge < -0.3 is 14.8 Å². The van der Waals surface area contributed by atoms with Crippen molar-refractivity contribution < 1.29 is 14.7 Å². The molecule has 3 rings (SSSR count). The van der Waals surface area contributed by atoms with Crippen LogP contribution in [-0.2, 0) is 9.63 Å². The minimum absolute atomic E-state index is 0.0195. The molecule has 2 aliphatic rings. The number of para-hydroxylation sites is 1. The number of benzene rings is 1. The number of oxime groups is 1. The molecule has 0 aromatic heterocycles. The van der Waals surface area contributed by atoms with Gasteiger partial charge in [-0.05, 0) is 25.0 Å². The maximum absolute atomic E-state index is 12.5. The van der Waals surface area contributed by atoms with Crippen molar-refractivity contribution in [3.63, 3.8) is 0 Å². The van der Waals surface area contributed by atoms with Gasteiger partial charge in [-0.15, -0.1) is 0 Å². The molecule has 0 saturated carbocycles. The molecule has 0 radical (unpaired) electrons. The van der Waals surface area contributed by atoms with Crippen molar-refractivity contribution in [2.45, 2.75) is 38.2 Å². The second kappa shape index (κ2) is 6.16. The highest BCUT2D eigenvalue weighted by molar-refractivity contribution is 6.05. The Morgan fingerprint density at radius 3 is 2.62 bits per heavy atom. The Bertz CT molecular complexity index is 548. The Hall–Kier alpha value is -2.04. The quantitative estimate of drug-likeness (QED) is 0.908. The molecule has 0 unspecified atom stereocenters. The molecule has 0 aliphatic carbocycles. The van der Waals surface area contributed by atoms with Gasteiger partial charge in [0.1, 0.15) is 5.75 Å². The highest BCUT2D eigenvalue weighted by Gasteiger charge is 2.33. The first kappa shape index (κ1) is 13.9. The molecule has 5 nitrogen and oxygen atoms in total. The number of hydrogen-bond donors (Lipinski definition) is 1. The Morgan fingerprint density at radius 2 is 1.90 bits per heavy atom. The minimum atomic E-state index is -0.544. The number of nitrogens with zero attached hydrogens (tertiary/aromatic N) is 2. The van der Waals surface area contributed by atoms with E-state index in [9.17, 15) is 9.90 Å². The molecule has 112 valence electrons. The van der Waals surface area contributed by atoms with Crippen LogP contribution in [0.25, 0.3) is 0 Å². The van der Waals surface area contributed by atoms with Crippen LogP contribution in [0.2, 0.25) is 0 Å². The zero-order valence-corrected chi connectivity index (χ0v) is 12.0. The van der Waals surface area contributed by atoms with Gasteiger partial charge in [0.2, 0.25) is 6.10 Å². The molecule has 1 saturated heterocycles. The van der Waals surface area contributed by atoms with Crippen molar-refractivity contribution in [3.05, 3.63) is 29.8 Å². The highest BCUT2D eigenvalue weighted by Crippen LogP contribution is 2.25. The number of rotatable bonds is 2. The zero-order chi connectivity index (χ0) is 14.7. The zero-order valence-electron chi connectivity index (χ0n) is 12.0. The second-order valence-electron chi connectivity index (χ2n) is 5.59. The number of carbonyl (C=O) groups excluding carboxylic acids is 1. The lowest BCUT2D eigenvalue weighted by Crippen LogP contribution is -2.39. The molecule has 1 N–H and O–H groups in total. The molecule has 5 heteroatoms. The van der Waals surface area contributed by atoms with Gasteiger partial charge in [0.15, 0.2) is 0 Å². The van der Waals surface area contributed by atoms with Crippen LogP contribution in [0.1, 0.15) is 37.7 Å². The van der Waals surface area contributed by atoms with Crippen molar-refractivity contribution in [1.29, 1.82) is 0 Å². The molecule has 1 atom stereocenters. The summed E-state index contributed by atoms with van der Waals surface area (Å²) in [6.07, 6.45) is 4.38. The van der Waals surface area contributed by atoms with E-state index in [2.05, 4.69) is 5.16 Å². The fraction of sp³-hybridized carbons (Fsp3) is 0.500. The molecular formula is C16H20N2O3. The van der Waals surface area contributed by atoms with Crippen LogP contribution in [0, 0.1) is 0 Å². The molecule has 1 aromatic carbocycles. The van der Waals surface area contributed by atoms with Crippen LogP contribution in [-0.4, -0.2) is 40.8 Å². The molecule has 2 heterocycles. The molecule has 1 aromatic rings. The third kappa shape index (κ3) is 3.01. The Balaban J connectivity index is 1.65. The van der Waals surface area contributed by atoms with E-state index in [-0.39, 0.29) is 11.7 Å². The normalized spacial score (nSPS) is 22.4. The Kier molecular flexibility index (Phi) is 4.08. The molecular weight excluding hydrogens is 268 g/mol. The van der Waals surface area contributed by atoms with Gasteiger partial charge in [-0.2, -0.15) is 0 Å². The molecule has 1 fully saturated rings. The van der Waals surface area contributed by atoms with Crippen LogP contribution in [0.3, 0.4) is 0 Å². The summed E-state index contributed by atoms with van der Waals surface area (Å²) in [7, 11) is 0. The number of hydrogen-bond acceptors (Lipinski definition) is 4. The number of phenols is 1. The van der Waals surface area contributed by atoms with Crippen LogP contribution >= 0.6 is 0 Å². The first-order valence-corrected chi connectivity index (χ1v) is 7.55. The van der Waals surface area contributed by atoms with Crippen LogP contribution in [0.5, 0.6) is 5.75 Å². The van der Waals surface area contributed by atoms with E-state index in [1.165, 1.54) is 12.8 Å². The fourth-order valence-electron chi connectivity index (χ4n) is 2.88. The van der Waals surface area contributed by atoms with Gasteiger partial charge in [-0.3, -0.25) is 4.79 Å². The van der Waals surface area contributed by atoms with E-state index in [1.54, 1.807) is 18.2 Å². The summed E-state index contributed by atoms with van der Waals surface area (Å²) in [6.45, 7) is 1.62.